The number of H-pyrrole nitrogens is 1. The van der Waals surface area contributed by atoms with Crippen LogP contribution in [0.25, 0.3) is 11.1 Å². The average Bonchev–Trinajstić information content (AvgIpc) is 3.63. The number of aromatic nitrogens is 5. The molecule has 226 valence electrons. The van der Waals surface area contributed by atoms with Gasteiger partial charge < -0.3 is 15.4 Å². The molecule has 3 N–H and O–H groups in total. The SMILES string of the molecule is CCn1nccc1C(=O)NC(C(=O)Nc1ccc(-c2c(C)n[nH]c2C)c(OC)n1)C(C1CCCCC1)C1CCCCC1. The molecule has 0 bridgehead atoms. The molecule has 2 aliphatic carbocycles. The maximum atomic E-state index is 14.3. The smallest absolute Gasteiger partial charge is 0.270 e. The number of carbonyl (C=O) groups is 2. The van der Waals surface area contributed by atoms with Crippen molar-refractivity contribution in [2.45, 2.75) is 97.6 Å². The first-order valence-corrected chi connectivity index (χ1v) is 15.6. The highest BCUT2D eigenvalue weighted by molar-refractivity contribution is 6.00. The second-order valence-electron chi connectivity index (χ2n) is 11.9. The first-order valence-electron chi connectivity index (χ1n) is 15.6. The third-order valence-electron chi connectivity index (χ3n) is 9.29. The zero-order valence-electron chi connectivity index (χ0n) is 25.4. The fourth-order valence-electron chi connectivity index (χ4n) is 7.30. The van der Waals surface area contributed by atoms with E-state index in [1.807, 2.05) is 26.8 Å². The lowest BCUT2D eigenvalue weighted by molar-refractivity contribution is -0.121. The molecule has 0 spiro atoms. The van der Waals surface area contributed by atoms with Gasteiger partial charge in [-0.2, -0.15) is 15.2 Å². The van der Waals surface area contributed by atoms with Crippen molar-refractivity contribution in [1.82, 2.24) is 30.3 Å². The quantitative estimate of drug-likeness (QED) is 0.279. The van der Waals surface area contributed by atoms with Gasteiger partial charge in [0.1, 0.15) is 17.6 Å². The molecule has 3 heterocycles. The van der Waals surface area contributed by atoms with Crippen molar-refractivity contribution in [2.24, 2.45) is 17.8 Å². The van der Waals surface area contributed by atoms with E-state index in [0.717, 1.165) is 48.2 Å². The first kappa shape index (κ1) is 29.8. The zero-order chi connectivity index (χ0) is 29.6. The average molecular weight is 576 g/mol. The van der Waals surface area contributed by atoms with Crippen molar-refractivity contribution in [1.29, 1.82) is 0 Å². The molecule has 1 atom stereocenters. The van der Waals surface area contributed by atoms with Gasteiger partial charge >= 0.3 is 0 Å². The number of hydrogen-bond donors (Lipinski definition) is 3. The maximum Gasteiger partial charge on any atom is 0.270 e. The number of methoxy groups -OCH3 is 1. The van der Waals surface area contributed by atoms with Crippen molar-refractivity contribution < 1.29 is 14.3 Å². The minimum absolute atomic E-state index is 0.0601. The topological polar surface area (TPSA) is 127 Å². The molecule has 2 fully saturated rings. The van der Waals surface area contributed by atoms with Gasteiger partial charge in [-0.3, -0.25) is 19.4 Å². The van der Waals surface area contributed by atoms with Crippen LogP contribution in [-0.4, -0.2) is 49.9 Å². The van der Waals surface area contributed by atoms with Crippen LogP contribution in [0.4, 0.5) is 5.82 Å². The summed E-state index contributed by atoms with van der Waals surface area (Å²) < 4.78 is 7.33. The Balaban J connectivity index is 1.47. The molecule has 10 nitrogen and oxygen atoms in total. The second-order valence-corrected chi connectivity index (χ2v) is 11.9. The van der Waals surface area contributed by atoms with E-state index in [0.29, 0.717) is 35.8 Å². The highest BCUT2D eigenvalue weighted by Gasteiger charge is 2.41. The van der Waals surface area contributed by atoms with Crippen LogP contribution in [0.5, 0.6) is 5.88 Å². The molecule has 0 saturated heterocycles. The molecule has 2 saturated carbocycles. The molecule has 0 aliphatic heterocycles. The largest absolute Gasteiger partial charge is 0.480 e. The molecule has 1 unspecified atom stereocenters. The highest BCUT2D eigenvalue weighted by atomic mass is 16.5. The molecule has 0 radical (unpaired) electrons. The number of hydrogen-bond acceptors (Lipinski definition) is 6. The van der Waals surface area contributed by atoms with E-state index < -0.39 is 6.04 Å². The van der Waals surface area contributed by atoms with E-state index in [4.69, 9.17) is 4.74 Å². The Hall–Kier alpha value is -3.69. The van der Waals surface area contributed by atoms with E-state index in [-0.39, 0.29) is 17.7 Å². The van der Waals surface area contributed by atoms with E-state index >= 15 is 0 Å². The third-order valence-corrected chi connectivity index (χ3v) is 9.29. The second kappa shape index (κ2) is 13.5. The minimum Gasteiger partial charge on any atom is -0.480 e. The van der Waals surface area contributed by atoms with Gasteiger partial charge in [-0.1, -0.05) is 64.2 Å². The van der Waals surface area contributed by atoms with Gasteiger partial charge in [0.2, 0.25) is 11.8 Å². The van der Waals surface area contributed by atoms with Crippen molar-refractivity contribution in [3.05, 3.63) is 41.5 Å². The Morgan fingerprint density at radius 2 is 1.69 bits per heavy atom. The standard InChI is InChI=1S/C32H45N7O3/c1-5-39-25(18-19-33-39)30(40)36-29(28(22-12-8-6-9-13-22)23-14-10-7-11-15-23)31(41)34-26-17-16-24(32(35-26)42-4)27-20(2)37-38-21(27)3/h16-19,22-23,28-29H,5-15H2,1-4H3,(H,36,40)(H,37,38)(H,34,35,41). The summed E-state index contributed by atoms with van der Waals surface area (Å²) in [6.07, 6.45) is 13.2. The first-order chi connectivity index (χ1) is 20.4. The van der Waals surface area contributed by atoms with Gasteiger partial charge in [0.05, 0.1) is 12.8 Å². The number of pyridine rings is 1. The lowest BCUT2D eigenvalue weighted by Gasteiger charge is -2.41. The van der Waals surface area contributed by atoms with Crippen LogP contribution in [0.15, 0.2) is 24.4 Å². The number of aromatic amines is 1. The molecule has 3 aromatic rings. The van der Waals surface area contributed by atoms with Gasteiger partial charge in [-0.25, -0.2) is 0 Å². The van der Waals surface area contributed by atoms with Gasteiger partial charge in [0, 0.05) is 29.6 Å². The summed E-state index contributed by atoms with van der Waals surface area (Å²) in [5.74, 6) is 1.15. The Morgan fingerprint density at radius 3 is 2.26 bits per heavy atom. The van der Waals surface area contributed by atoms with Gasteiger partial charge in [0.25, 0.3) is 5.91 Å². The van der Waals surface area contributed by atoms with Crippen LogP contribution in [0.1, 0.15) is 93.0 Å². The van der Waals surface area contributed by atoms with E-state index in [2.05, 4.69) is 30.9 Å². The number of amides is 2. The Labute approximate surface area is 248 Å². The Kier molecular flexibility index (Phi) is 9.59. The van der Waals surface area contributed by atoms with Crippen LogP contribution >= 0.6 is 0 Å². The van der Waals surface area contributed by atoms with Crippen LogP contribution in [-0.2, 0) is 11.3 Å². The number of nitrogens with one attached hydrogen (secondary N) is 3. The number of aryl methyl sites for hydroxylation is 3. The summed E-state index contributed by atoms with van der Waals surface area (Å²) in [6, 6.07) is 4.73. The predicted octanol–water partition coefficient (Wildman–Crippen LogP) is 5.83. The highest BCUT2D eigenvalue weighted by Crippen LogP contribution is 2.42. The summed E-state index contributed by atoms with van der Waals surface area (Å²) in [6.45, 7) is 6.42. The molecule has 2 aliphatic rings. The van der Waals surface area contributed by atoms with Crippen LogP contribution in [0.3, 0.4) is 0 Å². The number of carbonyl (C=O) groups excluding carboxylic acids is 2. The summed E-state index contributed by atoms with van der Waals surface area (Å²) in [5, 5.41) is 17.9. The van der Waals surface area contributed by atoms with Crippen molar-refractivity contribution in [3.63, 3.8) is 0 Å². The van der Waals surface area contributed by atoms with Crippen molar-refractivity contribution in [2.75, 3.05) is 12.4 Å². The Morgan fingerprint density at radius 1 is 1.02 bits per heavy atom. The van der Waals surface area contributed by atoms with Gasteiger partial charge in [0.15, 0.2) is 0 Å². The summed E-state index contributed by atoms with van der Waals surface area (Å²) in [7, 11) is 1.57. The normalized spacial score (nSPS) is 17.3. The summed E-state index contributed by atoms with van der Waals surface area (Å²) >= 11 is 0. The zero-order valence-corrected chi connectivity index (χ0v) is 25.4. The van der Waals surface area contributed by atoms with Gasteiger partial charge in [-0.05, 0) is 56.7 Å². The number of ether oxygens (including phenoxy) is 1. The molecule has 2 amide bonds. The molecule has 10 heteroatoms. The van der Waals surface area contributed by atoms with E-state index in [1.54, 1.807) is 30.1 Å². The molecule has 3 aromatic heterocycles. The fourth-order valence-corrected chi connectivity index (χ4v) is 7.30. The summed E-state index contributed by atoms with van der Waals surface area (Å²) in [5.41, 5.74) is 3.97. The molecule has 5 rings (SSSR count). The summed E-state index contributed by atoms with van der Waals surface area (Å²) in [4.78, 5) is 32.6. The van der Waals surface area contributed by atoms with Crippen LogP contribution in [0.2, 0.25) is 0 Å². The number of anilines is 1. The number of nitrogens with zero attached hydrogens (tertiary/aromatic N) is 4. The predicted molar refractivity (Wildman–Crippen MR) is 162 cm³/mol. The lowest BCUT2D eigenvalue weighted by Crippen LogP contribution is -2.53. The third kappa shape index (κ3) is 6.37. The minimum atomic E-state index is -0.685. The monoisotopic (exact) mass is 575 g/mol. The molecule has 0 aromatic carbocycles. The Bertz CT molecular complexity index is 1330. The van der Waals surface area contributed by atoms with Crippen LogP contribution < -0.4 is 15.4 Å². The van der Waals surface area contributed by atoms with E-state index in [1.165, 1.54) is 38.5 Å². The van der Waals surface area contributed by atoms with Crippen molar-refractivity contribution >= 4 is 17.6 Å². The number of rotatable bonds is 10. The van der Waals surface area contributed by atoms with Crippen molar-refractivity contribution in [3.8, 4) is 17.0 Å². The lowest BCUT2D eigenvalue weighted by atomic mass is 9.66. The molecular formula is C32H45N7O3. The molecular weight excluding hydrogens is 530 g/mol. The maximum absolute atomic E-state index is 14.3. The molecule has 42 heavy (non-hydrogen) atoms. The fraction of sp³-hybridized carbons (Fsp3) is 0.594. The van der Waals surface area contributed by atoms with E-state index in [9.17, 15) is 9.59 Å². The van der Waals surface area contributed by atoms with Crippen LogP contribution in [0, 0.1) is 31.6 Å². The van der Waals surface area contributed by atoms with Gasteiger partial charge in [-0.15, -0.1) is 0 Å².